The summed E-state index contributed by atoms with van der Waals surface area (Å²) in [5.74, 6) is 0.489. The van der Waals surface area contributed by atoms with Crippen molar-refractivity contribution in [1.82, 2.24) is 0 Å². The molecule has 0 amide bonds. The van der Waals surface area contributed by atoms with E-state index in [1.807, 2.05) is 13.8 Å². The zero-order chi connectivity index (χ0) is 11.4. The maximum atomic E-state index is 11.4. The molecule has 15 heavy (non-hydrogen) atoms. The van der Waals surface area contributed by atoms with Crippen LogP contribution in [0.3, 0.4) is 0 Å². The van der Waals surface area contributed by atoms with Gasteiger partial charge in [0.15, 0.2) is 0 Å². The van der Waals surface area contributed by atoms with Crippen molar-refractivity contribution in [3.63, 3.8) is 0 Å². The van der Waals surface area contributed by atoms with Gasteiger partial charge in [-0.25, -0.2) is 0 Å². The number of carbonyl (C=O) groups is 1. The van der Waals surface area contributed by atoms with Gasteiger partial charge in [-0.1, -0.05) is 13.8 Å². The normalized spacial score (nSPS) is 15.3. The van der Waals surface area contributed by atoms with Crippen LogP contribution in [-0.4, -0.2) is 10.9 Å². The summed E-state index contributed by atoms with van der Waals surface area (Å²) in [5.41, 5.74) is 0. The molecule has 3 heteroatoms. The minimum Gasteiger partial charge on any atom is -0.467 e. The third-order valence-electron chi connectivity index (χ3n) is 2.46. The molecule has 1 heterocycles. The Kier molecular flexibility index (Phi) is 4.09. The van der Waals surface area contributed by atoms with Crippen molar-refractivity contribution < 1.29 is 14.3 Å². The molecule has 3 nitrogen and oxygen atoms in total. The smallest absolute Gasteiger partial charge is 0.135 e. The van der Waals surface area contributed by atoms with Crippen LogP contribution < -0.4 is 0 Å². The van der Waals surface area contributed by atoms with Crippen molar-refractivity contribution in [2.45, 2.75) is 33.3 Å². The Morgan fingerprint density at radius 3 is 2.60 bits per heavy atom. The van der Waals surface area contributed by atoms with Crippen LogP contribution in [0.15, 0.2) is 22.8 Å². The SMILES string of the molecule is CC(=O)[C@H](CC(C)C)[C@@H](O)c1ccco1. The summed E-state index contributed by atoms with van der Waals surface area (Å²) in [6, 6.07) is 3.41. The van der Waals surface area contributed by atoms with Gasteiger partial charge < -0.3 is 9.52 Å². The minimum absolute atomic E-state index is 0.00704. The van der Waals surface area contributed by atoms with Gasteiger partial charge in [0.05, 0.1) is 12.2 Å². The van der Waals surface area contributed by atoms with Gasteiger partial charge in [0, 0.05) is 0 Å². The second-order valence-corrected chi connectivity index (χ2v) is 4.31. The fraction of sp³-hybridized carbons (Fsp3) is 0.583. The first-order valence-electron chi connectivity index (χ1n) is 5.24. The van der Waals surface area contributed by atoms with Crippen LogP contribution >= 0.6 is 0 Å². The number of Topliss-reactive ketones (excluding diaryl/α,β-unsaturated/α-hetero) is 1. The lowest BCUT2D eigenvalue weighted by molar-refractivity contribution is -0.125. The molecule has 1 aromatic heterocycles. The number of carbonyl (C=O) groups excluding carboxylic acids is 1. The molecule has 0 unspecified atom stereocenters. The quantitative estimate of drug-likeness (QED) is 0.812. The summed E-state index contributed by atoms with van der Waals surface area (Å²) in [5, 5.41) is 9.97. The number of rotatable bonds is 5. The van der Waals surface area contributed by atoms with E-state index in [1.54, 1.807) is 12.1 Å². The van der Waals surface area contributed by atoms with Crippen molar-refractivity contribution in [3.8, 4) is 0 Å². The molecule has 1 rings (SSSR count). The Morgan fingerprint density at radius 2 is 2.20 bits per heavy atom. The molecule has 0 aliphatic heterocycles. The van der Waals surface area contributed by atoms with Gasteiger partial charge in [-0.15, -0.1) is 0 Å². The summed E-state index contributed by atoms with van der Waals surface area (Å²) in [6.45, 7) is 5.58. The maximum absolute atomic E-state index is 11.4. The number of aliphatic hydroxyl groups excluding tert-OH is 1. The number of hydrogen-bond donors (Lipinski definition) is 1. The van der Waals surface area contributed by atoms with Crippen LogP contribution in [-0.2, 0) is 4.79 Å². The largest absolute Gasteiger partial charge is 0.467 e. The van der Waals surface area contributed by atoms with E-state index in [9.17, 15) is 9.90 Å². The first-order valence-corrected chi connectivity index (χ1v) is 5.24. The second-order valence-electron chi connectivity index (χ2n) is 4.31. The molecule has 84 valence electrons. The van der Waals surface area contributed by atoms with Crippen LogP contribution in [0.1, 0.15) is 39.1 Å². The van der Waals surface area contributed by atoms with Crippen LogP contribution in [0, 0.1) is 11.8 Å². The highest BCUT2D eigenvalue weighted by Crippen LogP contribution is 2.28. The van der Waals surface area contributed by atoms with E-state index in [-0.39, 0.29) is 11.7 Å². The van der Waals surface area contributed by atoms with Gasteiger partial charge >= 0.3 is 0 Å². The molecule has 0 saturated carbocycles. The predicted molar refractivity (Wildman–Crippen MR) is 57.3 cm³/mol. The lowest BCUT2D eigenvalue weighted by atomic mass is 9.88. The Hall–Kier alpha value is -1.09. The molecule has 0 fully saturated rings. The first kappa shape index (κ1) is 12.0. The Labute approximate surface area is 90.1 Å². The van der Waals surface area contributed by atoms with Crippen molar-refractivity contribution >= 4 is 5.78 Å². The summed E-state index contributed by atoms with van der Waals surface area (Å²) < 4.78 is 5.11. The van der Waals surface area contributed by atoms with Crippen molar-refractivity contribution in [2.75, 3.05) is 0 Å². The summed E-state index contributed by atoms with van der Waals surface area (Å²) in [4.78, 5) is 11.4. The lowest BCUT2D eigenvalue weighted by Gasteiger charge is -2.20. The first-order chi connectivity index (χ1) is 7.02. The van der Waals surface area contributed by atoms with E-state index in [0.29, 0.717) is 18.1 Å². The molecule has 0 saturated heterocycles. The highest BCUT2D eigenvalue weighted by atomic mass is 16.4. The van der Waals surface area contributed by atoms with Gasteiger partial charge in [0.1, 0.15) is 17.6 Å². The highest BCUT2D eigenvalue weighted by molar-refractivity contribution is 5.79. The molecule has 1 aromatic rings. The van der Waals surface area contributed by atoms with Gasteiger partial charge in [-0.3, -0.25) is 4.79 Å². The molecular weight excluding hydrogens is 192 g/mol. The molecule has 2 atom stereocenters. The zero-order valence-electron chi connectivity index (χ0n) is 9.43. The van der Waals surface area contributed by atoms with E-state index < -0.39 is 6.10 Å². The van der Waals surface area contributed by atoms with Crippen molar-refractivity contribution in [1.29, 1.82) is 0 Å². The van der Waals surface area contributed by atoms with Crippen LogP contribution in [0.4, 0.5) is 0 Å². The average molecular weight is 210 g/mol. The second kappa shape index (κ2) is 5.12. The summed E-state index contributed by atoms with van der Waals surface area (Å²) in [6.07, 6.45) is 1.36. The van der Waals surface area contributed by atoms with E-state index in [1.165, 1.54) is 13.2 Å². The average Bonchev–Trinajstić information content (AvgIpc) is 2.65. The molecule has 0 aliphatic carbocycles. The highest BCUT2D eigenvalue weighted by Gasteiger charge is 2.27. The fourth-order valence-corrected chi connectivity index (χ4v) is 1.68. The molecule has 0 radical (unpaired) electrons. The monoisotopic (exact) mass is 210 g/mol. The predicted octanol–water partition coefficient (Wildman–Crippen LogP) is 2.56. The Morgan fingerprint density at radius 1 is 1.53 bits per heavy atom. The standard InChI is InChI=1S/C12H18O3/c1-8(2)7-10(9(3)13)12(14)11-5-4-6-15-11/h4-6,8,10,12,14H,7H2,1-3H3/t10-,12+/m0/s1. The molecule has 0 aliphatic rings. The topological polar surface area (TPSA) is 50.4 Å². The molecule has 0 aromatic carbocycles. The Bertz CT molecular complexity index is 301. The number of hydrogen-bond acceptors (Lipinski definition) is 3. The van der Waals surface area contributed by atoms with Crippen LogP contribution in [0.5, 0.6) is 0 Å². The van der Waals surface area contributed by atoms with E-state index in [0.717, 1.165) is 0 Å². The third kappa shape index (κ3) is 3.20. The van der Waals surface area contributed by atoms with E-state index in [4.69, 9.17) is 4.42 Å². The van der Waals surface area contributed by atoms with Gasteiger partial charge in [0.2, 0.25) is 0 Å². The number of furan rings is 1. The van der Waals surface area contributed by atoms with Crippen LogP contribution in [0.25, 0.3) is 0 Å². The fourth-order valence-electron chi connectivity index (χ4n) is 1.68. The molecule has 1 N–H and O–H groups in total. The van der Waals surface area contributed by atoms with E-state index in [2.05, 4.69) is 0 Å². The van der Waals surface area contributed by atoms with Gasteiger partial charge in [-0.05, 0) is 31.4 Å². The maximum Gasteiger partial charge on any atom is 0.135 e. The van der Waals surface area contributed by atoms with Gasteiger partial charge in [-0.2, -0.15) is 0 Å². The summed E-state index contributed by atoms with van der Waals surface area (Å²) in [7, 11) is 0. The summed E-state index contributed by atoms with van der Waals surface area (Å²) >= 11 is 0. The number of aliphatic hydroxyl groups is 1. The van der Waals surface area contributed by atoms with Gasteiger partial charge in [0.25, 0.3) is 0 Å². The zero-order valence-corrected chi connectivity index (χ0v) is 9.43. The van der Waals surface area contributed by atoms with Crippen molar-refractivity contribution in [2.24, 2.45) is 11.8 Å². The van der Waals surface area contributed by atoms with Crippen LogP contribution in [0.2, 0.25) is 0 Å². The van der Waals surface area contributed by atoms with Crippen molar-refractivity contribution in [3.05, 3.63) is 24.2 Å². The Balaban J connectivity index is 2.76. The third-order valence-corrected chi connectivity index (χ3v) is 2.46. The minimum atomic E-state index is -0.820. The lowest BCUT2D eigenvalue weighted by Crippen LogP contribution is -2.21. The molecular formula is C12H18O3. The molecule has 0 spiro atoms. The molecule has 0 bridgehead atoms. The van der Waals surface area contributed by atoms with E-state index >= 15 is 0 Å². The number of ketones is 1.